The van der Waals surface area contributed by atoms with Crippen LogP contribution in [-0.4, -0.2) is 133 Å². The van der Waals surface area contributed by atoms with Crippen molar-refractivity contribution in [3.63, 3.8) is 0 Å². The lowest BCUT2D eigenvalue weighted by Crippen LogP contribution is -2.55. The number of hydrogen-bond donors (Lipinski definition) is 2. The van der Waals surface area contributed by atoms with Gasteiger partial charge in [0.15, 0.2) is 0 Å². The molecule has 2 rings (SSSR count). The van der Waals surface area contributed by atoms with Crippen molar-refractivity contribution in [3.05, 3.63) is 29.8 Å². The molecule has 222 valence electrons. The summed E-state index contributed by atoms with van der Waals surface area (Å²) < 4.78 is 0. The van der Waals surface area contributed by atoms with E-state index in [4.69, 9.17) is 0 Å². The minimum atomic E-state index is -1.36. The number of hydrogen-bond acceptors (Lipinski definition) is 14. The molecular weight excluding hydrogens is 546 g/mol. The van der Waals surface area contributed by atoms with Crippen molar-refractivity contribution in [2.24, 2.45) is 0 Å². The van der Waals surface area contributed by atoms with Crippen molar-refractivity contribution in [3.8, 4) is 0 Å². The van der Waals surface area contributed by atoms with Crippen molar-refractivity contribution in [2.45, 2.75) is 12.5 Å². The molecule has 1 aliphatic rings. The topological polar surface area (TPSA) is 203 Å². The molecule has 1 N–H and O–H groups in total. The van der Waals surface area contributed by atoms with E-state index in [9.17, 15) is 44.4 Å². The van der Waals surface area contributed by atoms with Gasteiger partial charge in [0.1, 0.15) is 0 Å². The van der Waals surface area contributed by atoms with Gasteiger partial charge in [0.2, 0.25) is 5.91 Å². The standard InChI is InChI=1S/C25H37N5O9S/c31-21(17-40)26-19-3-1-18(2-4-19)11-20-12-29(15-24(36)37)8-7-27(13-22(32)33)5-6-28(14-23(34)35)9-10-30(20)16-25(38)39/h1-4,20,40H,5-17H2,(H,26,31)(H,32,33)(H,34,35)(H,36,37)(H,38,39)/p-4/t20-/m0/s1. The molecule has 0 spiro atoms. The fourth-order valence-electron chi connectivity index (χ4n) is 4.52. The van der Waals surface area contributed by atoms with E-state index in [1.807, 2.05) is 0 Å². The summed E-state index contributed by atoms with van der Waals surface area (Å²) in [5, 5.41) is 48.5. The molecular formula is C25H33N5O9S-4. The molecule has 0 bridgehead atoms. The lowest BCUT2D eigenvalue weighted by molar-refractivity contribution is -0.309. The van der Waals surface area contributed by atoms with E-state index >= 15 is 0 Å². The minimum absolute atomic E-state index is 0.00560. The second-order valence-corrected chi connectivity index (χ2v) is 9.82. The molecule has 1 amide bonds. The number of nitrogens with zero attached hydrogens (tertiary/aromatic N) is 4. The summed E-state index contributed by atoms with van der Waals surface area (Å²) in [5.41, 5.74) is 1.31. The molecule has 1 aromatic rings. The summed E-state index contributed by atoms with van der Waals surface area (Å²) in [4.78, 5) is 63.6. The van der Waals surface area contributed by atoms with Crippen molar-refractivity contribution >= 4 is 48.1 Å². The molecule has 1 saturated heterocycles. The van der Waals surface area contributed by atoms with E-state index in [1.54, 1.807) is 34.1 Å². The van der Waals surface area contributed by atoms with Crippen molar-refractivity contribution < 1.29 is 44.4 Å². The van der Waals surface area contributed by atoms with Crippen LogP contribution in [0.25, 0.3) is 0 Å². The average Bonchev–Trinajstić information content (AvgIpc) is 2.86. The summed E-state index contributed by atoms with van der Waals surface area (Å²) in [6.45, 7) is -0.998. The van der Waals surface area contributed by atoms with Crippen LogP contribution in [0.3, 0.4) is 0 Å². The molecule has 1 aliphatic heterocycles. The zero-order valence-electron chi connectivity index (χ0n) is 22.0. The lowest BCUT2D eigenvalue weighted by Gasteiger charge is -2.39. The first kappa shape index (κ1) is 33.0. The number of anilines is 1. The van der Waals surface area contributed by atoms with Gasteiger partial charge in [0.25, 0.3) is 0 Å². The van der Waals surface area contributed by atoms with E-state index in [-0.39, 0.29) is 63.9 Å². The second kappa shape index (κ2) is 16.8. The number of benzene rings is 1. The normalized spacial score (nSPS) is 18.8. The van der Waals surface area contributed by atoms with Crippen molar-refractivity contribution in [2.75, 3.05) is 83.1 Å². The first-order valence-corrected chi connectivity index (χ1v) is 13.3. The largest absolute Gasteiger partial charge is 0.549 e. The second-order valence-electron chi connectivity index (χ2n) is 9.51. The highest BCUT2D eigenvalue weighted by Crippen LogP contribution is 2.16. The Morgan fingerprint density at radius 1 is 0.700 bits per heavy atom. The zero-order valence-corrected chi connectivity index (χ0v) is 22.9. The number of carbonyl (C=O) groups is 5. The fraction of sp³-hybridized carbons (Fsp3) is 0.560. The molecule has 0 saturated carbocycles. The summed E-state index contributed by atoms with van der Waals surface area (Å²) in [7, 11) is 0. The Labute approximate surface area is 237 Å². The van der Waals surface area contributed by atoms with Gasteiger partial charge in [-0.25, -0.2) is 0 Å². The number of amides is 1. The third-order valence-corrected chi connectivity index (χ3v) is 6.68. The Morgan fingerprint density at radius 2 is 1.15 bits per heavy atom. The van der Waals surface area contributed by atoms with Gasteiger partial charge in [-0.1, -0.05) is 12.1 Å². The Hall–Kier alpha value is -3.24. The fourth-order valence-corrected chi connectivity index (χ4v) is 4.60. The van der Waals surface area contributed by atoms with Crippen LogP contribution in [0.4, 0.5) is 5.69 Å². The molecule has 40 heavy (non-hydrogen) atoms. The summed E-state index contributed by atoms with van der Waals surface area (Å²) in [6.07, 6.45) is 0.279. The summed E-state index contributed by atoms with van der Waals surface area (Å²) >= 11 is 3.92. The highest BCUT2D eigenvalue weighted by molar-refractivity contribution is 7.81. The van der Waals surface area contributed by atoms with Gasteiger partial charge in [0.05, 0.1) is 29.6 Å². The Bertz CT molecular complexity index is 1030. The molecule has 1 aromatic carbocycles. The minimum Gasteiger partial charge on any atom is -0.549 e. The number of nitrogens with one attached hydrogen (secondary N) is 1. The summed E-state index contributed by atoms with van der Waals surface area (Å²) in [5.74, 6) is -5.68. The molecule has 14 nitrogen and oxygen atoms in total. The van der Waals surface area contributed by atoms with Gasteiger partial charge >= 0.3 is 0 Å². The predicted octanol–water partition coefficient (Wildman–Crippen LogP) is -6.31. The number of thiol groups is 1. The van der Waals surface area contributed by atoms with Crippen molar-refractivity contribution in [1.82, 2.24) is 19.6 Å². The quantitative estimate of drug-likeness (QED) is 0.222. The van der Waals surface area contributed by atoms with Crippen LogP contribution in [0.5, 0.6) is 0 Å². The predicted molar refractivity (Wildman–Crippen MR) is 137 cm³/mol. The molecule has 0 radical (unpaired) electrons. The molecule has 15 heteroatoms. The first-order chi connectivity index (χ1) is 18.9. The van der Waals surface area contributed by atoms with Gasteiger partial charge in [-0.2, -0.15) is 12.6 Å². The van der Waals surface area contributed by atoms with E-state index in [0.717, 1.165) is 5.56 Å². The van der Waals surface area contributed by atoms with Crippen LogP contribution < -0.4 is 25.7 Å². The Kier molecular flexibility index (Phi) is 13.8. The van der Waals surface area contributed by atoms with Gasteiger partial charge in [-0.3, -0.25) is 24.4 Å². The van der Waals surface area contributed by atoms with Gasteiger partial charge in [-0.15, -0.1) is 0 Å². The molecule has 0 unspecified atom stereocenters. The number of aliphatic carboxylic acids is 4. The third-order valence-electron chi connectivity index (χ3n) is 6.40. The highest BCUT2D eigenvalue weighted by atomic mass is 32.1. The van der Waals surface area contributed by atoms with E-state index < -0.39 is 56.1 Å². The molecule has 0 aliphatic carbocycles. The van der Waals surface area contributed by atoms with Gasteiger partial charge < -0.3 is 44.9 Å². The molecule has 1 heterocycles. The Morgan fingerprint density at radius 3 is 1.62 bits per heavy atom. The smallest absolute Gasteiger partial charge is 0.234 e. The number of carboxylic acids is 4. The number of rotatable bonds is 12. The van der Waals surface area contributed by atoms with Crippen LogP contribution in [0, 0.1) is 0 Å². The van der Waals surface area contributed by atoms with Crippen LogP contribution in [0.1, 0.15) is 5.56 Å². The molecule has 0 aromatic heterocycles. The van der Waals surface area contributed by atoms with Gasteiger partial charge in [0, 0.05) is 83.7 Å². The van der Waals surface area contributed by atoms with E-state index in [1.165, 1.54) is 9.80 Å². The SMILES string of the molecule is O=C([O-])CN1CCN(CC(=O)[O-])CCN(CC(=O)[O-])[C@@H](Cc2ccc(NC(=O)CS)cc2)CN(CC(=O)[O-])CC1. The lowest BCUT2D eigenvalue weighted by atomic mass is 10.0. The Balaban J connectivity index is 2.38. The highest BCUT2D eigenvalue weighted by Gasteiger charge is 2.25. The zero-order chi connectivity index (χ0) is 29.7. The monoisotopic (exact) mass is 579 g/mol. The van der Waals surface area contributed by atoms with Crippen LogP contribution in [-0.2, 0) is 30.4 Å². The maximum atomic E-state index is 11.7. The first-order valence-electron chi connectivity index (χ1n) is 12.6. The molecule has 1 atom stereocenters. The maximum absolute atomic E-state index is 11.7. The maximum Gasteiger partial charge on any atom is 0.234 e. The number of carboxylic acid groups (broad SMARTS) is 4. The van der Waals surface area contributed by atoms with Crippen LogP contribution in [0.15, 0.2) is 24.3 Å². The van der Waals surface area contributed by atoms with Crippen molar-refractivity contribution in [1.29, 1.82) is 0 Å². The van der Waals surface area contributed by atoms with Gasteiger partial charge in [-0.05, 0) is 24.1 Å². The van der Waals surface area contributed by atoms with Crippen LogP contribution >= 0.6 is 12.6 Å². The average molecular weight is 580 g/mol. The number of carbonyl (C=O) groups excluding carboxylic acids is 5. The third kappa shape index (κ3) is 12.7. The van der Waals surface area contributed by atoms with Crippen LogP contribution in [0.2, 0.25) is 0 Å². The van der Waals surface area contributed by atoms with E-state index in [2.05, 4.69) is 17.9 Å². The summed E-state index contributed by atoms with van der Waals surface area (Å²) in [6, 6.07) is 6.28. The van der Waals surface area contributed by atoms with E-state index in [0.29, 0.717) is 5.69 Å². The molecule has 1 fully saturated rings.